The summed E-state index contributed by atoms with van der Waals surface area (Å²) in [6, 6.07) is 5.88. The summed E-state index contributed by atoms with van der Waals surface area (Å²) in [6.45, 7) is 1.98. The van der Waals surface area contributed by atoms with Gasteiger partial charge in [-0.3, -0.25) is 4.79 Å². The second-order valence-electron chi connectivity index (χ2n) is 4.30. The van der Waals surface area contributed by atoms with Crippen molar-refractivity contribution in [1.82, 2.24) is 5.32 Å². The molecule has 0 fully saturated rings. The topological polar surface area (TPSA) is 58.6 Å². The number of carboxylic acids is 1. The van der Waals surface area contributed by atoms with Gasteiger partial charge in [-0.15, -0.1) is 0 Å². The van der Waals surface area contributed by atoms with Crippen LogP contribution in [0.1, 0.15) is 19.8 Å². The summed E-state index contributed by atoms with van der Waals surface area (Å²) in [5.41, 5.74) is -0.953. The number of aliphatic carboxylic acids is 1. The minimum atomic E-state index is -0.953. The average Bonchev–Trinajstić information content (AvgIpc) is 2.34. The number of hydrogen-bond acceptors (Lipinski definition) is 3. The second-order valence-corrected chi connectivity index (χ2v) is 4.30. The Hall–Kier alpha value is -1.62. The van der Waals surface area contributed by atoms with E-state index in [-0.39, 0.29) is 5.82 Å². The van der Waals surface area contributed by atoms with Gasteiger partial charge in [0.05, 0.1) is 6.61 Å². The lowest BCUT2D eigenvalue weighted by molar-refractivity contribution is -0.144. The summed E-state index contributed by atoms with van der Waals surface area (Å²) in [5.74, 6) is -0.787. The lowest BCUT2D eigenvalue weighted by atomic mass is 9.96. The zero-order valence-electron chi connectivity index (χ0n) is 10.6. The van der Waals surface area contributed by atoms with Crippen LogP contribution in [-0.4, -0.2) is 30.3 Å². The molecule has 1 rings (SSSR count). The highest BCUT2D eigenvalue weighted by molar-refractivity contribution is 5.78. The van der Waals surface area contributed by atoms with Gasteiger partial charge in [-0.1, -0.05) is 6.07 Å². The largest absolute Gasteiger partial charge is 0.493 e. The van der Waals surface area contributed by atoms with Crippen molar-refractivity contribution in [3.63, 3.8) is 0 Å². The van der Waals surface area contributed by atoms with Crippen LogP contribution < -0.4 is 10.1 Å². The number of likely N-dealkylation sites (N-methyl/N-ethyl adjacent to an activating group) is 1. The predicted octanol–water partition coefficient (Wildman–Crippen LogP) is 2.05. The Morgan fingerprint density at radius 3 is 2.83 bits per heavy atom. The van der Waals surface area contributed by atoms with E-state index < -0.39 is 11.5 Å². The maximum Gasteiger partial charge on any atom is 0.323 e. The molecule has 1 aromatic carbocycles. The highest BCUT2D eigenvalue weighted by atomic mass is 19.1. The molecule has 0 radical (unpaired) electrons. The molecular formula is C13H18FNO3. The molecule has 1 unspecified atom stereocenters. The van der Waals surface area contributed by atoms with E-state index in [4.69, 9.17) is 9.84 Å². The number of halogens is 1. The van der Waals surface area contributed by atoms with Crippen molar-refractivity contribution in [3.05, 3.63) is 30.1 Å². The zero-order valence-corrected chi connectivity index (χ0v) is 10.6. The van der Waals surface area contributed by atoms with Gasteiger partial charge in [0.15, 0.2) is 0 Å². The Bertz CT molecular complexity index is 411. The molecule has 2 N–H and O–H groups in total. The van der Waals surface area contributed by atoms with Crippen LogP contribution in [0.25, 0.3) is 0 Å². The third kappa shape index (κ3) is 4.00. The second kappa shape index (κ2) is 6.35. The van der Waals surface area contributed by atoms with E-state index in [1.807, 2.05) is 0 Å². The van der Waals surface area contributed by atoms with Crippen LogP contribution in [0.15, 0.2) is 24.3 Å². The number of rotatable bonds is 7. The summed E-state index contributed by atoms with van der Waals surface area (Å²) in [4.78, 5) is 11.0. The van der Waals surface area contributed by atoms with Gasteiger partial charge in [0.25, 0.3) is 0 Å². The molecule has 0 aliphatic rings. The van der Waals surface area contributed by atoms with Crippen molar-refractivity contribution < 1.29 is 19.0 Å². The quantitative estimate of drug-likeness (QED) is 0.732. The molecule has 0 spiro atoms. The number of hydrogen-bond donors (Lipinski definition) is 2. The van der Waals surface area contributed by atoms with Gasteiger partial charge in [-0.2, -0.15) is 0 Å². The average molecular weight is 255 g/mol. The van der Waals surface area contributed by atoms with Gasteiger partial charge in [0, 0.05) is 6.07 Å². The normalized spacial score (nSPS) is 13.9. The predicted molar refractivity (Wildman–Crippen MR) is 66.2 cm³/mol. The smallest absolute Gasteiger partial charge is 0.323 e. The molecule has 0 aromatic heterocycles. The van der Waals surface area contributed by atoms with Crippen LogP contribution in [0, 0.1) is 5.82 Å². The first-order valence-electron chi connectivity index (χ1n) is 5.78. The number of ether oxygens (including phenoxy) is 1. The Balaban J connectivity index is 2.37. The van der Waals surface area contributed by atoms with Gasteiger partial charge in [0.1, 0.15) is 17.1 Å². The molecule has 0 amide bonds. The van der Waals surface area contributed by atoms with Crippen LogP contribution in [-0.2, 0) is 4.79 Å². The fraction of sp³-hybridized carbons (Fsp3) is 0.462. The lowest BCUT2D eigenvalue weighted by Gasteiger charge is -2.23. The summed E-state index contributed by atoms with van der Waals surface area (Å²) < 4.78 is 18.2. The molecule has 0 heterocycles. The van der Waals surface area contributed by atoms with E-state index in [9.17, 15) is 9.18 Å². The number of carboxylic acid groups (broad SMARTS) is 1. The van der Waals surface area contributed by atoms with Crippen molar-refractivity contribution in [2.75, 3.05) is 13.7 Å². The molecule has 4 nitrogen and oxygen atoms in total. The molecule has 18 heavy (non-hydrogen) atoms. The van der Waals surface area contributed by atoms with Crippen molar-refractivity contribution in [3.8, 4) is 5.75 Å². The monoisotopic (exact) mass is 255 g/mol. The van der Waals surface area contributed by atoms with Gasteiger partial charge < -0.3 is 15.2 Å². The molecule has 1 aromatic rings. The van der Waals surface area contributed by atoms with Crippen LogP contribution >= 0.6 is 0 Å². The Morgan fingerprint density at radius 2 is 2.28 bits per heavy atom. The molecule has 100 valence electrons. The van der Waals surface area contributed by atoms with Crippen molar-refractivity contribution in [2.24, 2.45) is 0 Å². The van der Waals surface area contributed by atoms with E-state index in [0.29, 0.717) is 25.2 Å². The van der Waals surface area contributed by atoms with E-state index in [1.165, 1.54) is 12.1 Å². The Morgan fingerprint density at radius 1 is 1.56 bits per heavy atom. The number of carbonyl (C=O) groups is 1. The summed E-state index contributed by atoms with van der Waals surface area (Å²) in [6.07, 6.45) is 1.01. The van der Waals surface area contributed by atoms with Crippen molar-refractivity contribution in [1.29, 1.82) is 0 Å². The lowest BCUT2D eigenvalue weighted by Crippen LogP contribution is -2.47. The summed E-state index contributed by atoms with van der Waals surface area (Å²) >= 11 is 0. The molecule has 0 saturated heterocycles. The first-order valence-corrected chi connectivity index (χ1v) is 5.78. The SMILES string of the molecule is CNC(C)(CCCOc1cccc(F)c1)C(=O)O. The Labute approximate surface area is 106 Å². The molecule has 5 heteroatoms. The van der Waals surface area contributed by atoms with Gasteiger partial charge in [0.2, 0.25) is 0 Å². The van der Waals surface area contributed by atoms with Gasteiger partial charge >= 0.3 is 5.97 Å². The van der Waals surface area contributed by atoms with E-state index in [0.717, 1.165) is 0 Å². The third-order valence-electron chi connectivity index (χ3n) is 2.91. The van der Waals surface area contributed by atoms with E-state index >= 15 is 0 Å². The maximum absolute atomic E-state index is 12.9. The fourth-order valence-electron chi connectivity index (χ4n) is 1.51. The summed E-state index contributed by atoms with van der Waals surface area (Å²) in [5, 5.41) is 11.8. The first kappa shape index (κ1) is 14.4. The number of benzene rings is 1. The van der Waals surface area contributed by atoms with Gasteiger partial charge in [-0.05, 0) is 38.9 Å². The molecule has 1 atom stereocenters. The number of nitrogens with one attached hydrogen (secondary N) is 1. The van der Waals surface area contributed by atoms with Crippen LogP contribution in [0.4, 0.5) is 4.39 Å². The molecular weight excluding hydrogens is 237 g/mol. The zero-order chi connectivity index (χ0) is 13.6. The Kier molecular flexibility index (Phi) is 5.09. The minimum absolute atomic E-state index is 0.349. The van der Waals surface area contributed by atoms with E-state index in [1.54, 1.807) is 26.1 Å². The molecule has 0 bridgehead atoms. The highest BCUT2D eigenvalue weighted by Gasteiger charge is 2.30. The van der Waals surface area contributed by atoms with Gasteiger partial charge in [-0.25, -0.2) is 4.39 Å². The standard InChI is InChI=1S/C13H18FNO3/c1-13(15-2,12(16)17)7-4-8-18-11-6-3-5-10(14)9-11/h3,5-6,9,15H,4,7-8H2,1-2H3,(H,16,17). The van der Waals surface area contributed by atoms with Crippen LogP contribution in [0.5, 0.6) is 5.75 Å². The van der Waals surface area contributed by atoms with Crippen molar-refractivity contribution >= 4 is 5.97 Å². The first-order chi connectivity index (χ1) is 8.48. The van der Waals surface area contributed by atoms with Crippen LogP contribution in [0.3, 0.4) is 0 Å². The van der Waals surface area contributed by atoms with Crippen molar-refractivity contribution in [2.45, 2.75) is 25.3 Å². The molecule has 0 aliphatic heterocycles. The molecule has 0 saturated carbocycles. The fourth-order valence-corrected chi connectivity index (χ4v) is 1.51. The third-order valence-corrected chi connectivity index (χ3v) is 2.91. The highest BCUT2D eigenvalue weighted by Crippen LogP contribution is 2.15. The van der Waals surface area contributed by atoms with E-state index in [2.05, 4.69) is 5.32 Å². The summed E-state index contributed by atoms with van der Waals surface area (Å²) in [7, 11) is 1.61. The van der Waals surface area contributed by atoms with Crippen LogP contribution in [0.2, 0.25) is 0 Å². The maximum atomic E-state index is 12.9. The molecule has 0 aliphatic carbocycles. The minimum Gasteiger partial charge on any atom is -0.493 e.